The lowest BCUT2D eigenvalue weighted by Crippen LogP contribution is -2.40. The highest BCUT2D eigenvalue weighted by atomic mass is 35.5. The van der Waals surface area contributed by atoms with Crippen LogP contribution >= 0.6 is 11.6 Å². The number of nitrogens with one attached hydrogen (secondary N) is 1. The van der Waals surface area contributed by atoms with Crippen molar-refractivity contribution in [3.8, 4) is 0 Å². The zero-order valence-electron chi connectivity index (χ0n) is 11.9. The third-order valence-electron chi connectivity index (χ3n) is 3.73. The van der Waals surface area contributed by atoms with Gasteiger partial charge in [-0.15, -0.1) is 0 Å². The molecule has 1 aliphatic heterocycles. The summed E-state index contributed by atoms with van der Waals surface area (Å²) in [6, 6.07) is 6.17. The summed E-state index contributed by atoms with van der Waals surface area (Å²) in [5, 5.41) is 3.55. The molecule has 1 aromatic rings. The number of rotatable bonds is 5. The third kappa shape index (κ3) is 5.14. The fraction of sp³-hybridized carbons (Fsp3) is 0.438. The van der Waals surface area contributed by atoms with Crippen molar-refractivity contribution in [2.24, 2.45) is 5.92 Å². The number of amides is 1. The van der Waals surface area contributed by atoms with Crippen LogP contribution in [0.25, 0.3) is 0 Å². The molecule has 3 nitrogen and oxygen atoms in total. The quantitative estimate of drug-likeness (QED) is 0.907. The van der Waals surface area contributed by atoms with Gasteiger partial charge in [0.1, 0.15) is 5.82 Å². The number of carbonyl (C=O) groups is 1. The summed E-state index contributed by atoms with van der Waals surface area (Å²) in [5.74, 6) is -0.146. The summed E-state index contributed by atoms with van der Waals surface area (Å²) >= 11 is 5.80. The lowest BCUT2D eigenvalue weighted by atomic mass is 9.96. The number of likely N-dealkylation sites (tertiary alicyclic amines) is 1. The second kappa shape index (κ2) is 7.57. The van der Waals surface area contributed by atoms with Crippen molar-refractivity contribution in [1.29, 1.82) is 0 Å². The molecule has 1 amide bonds. The Morgan fingerprint density at radius 1 is 1.33 bits per heavy atom. The van der Waals surface area contributed by atoms with Crippen LogP contribution in [-0.2, 0) is 11.3 Å². The van der Waals surface area contributed by atoms with Crippen LogP contribution in [0.3, 0.4) is 0 Å². The average molecular weight is 311 g/mol. The molecule has 0 atom stereocenters. The summed E-state index contributed by atoms with van der Waals surface area (Å²) in [4.78, 5) is 14.3. The summed E-state index contributed by atoms with van der Waals surface area (Å²) in [7, 11) is 0. The molecule has 114 valence electrons. The number of piperidine rings is 1. The number of benzene rings is 1. The fourth-order valence-electron chi connectivity index (χ4n) is 2.53. The molecule has 1 saturated heterocycles. The van der Waals surface area contributed by atoms with Crippen molar-refractivity contribution >= 4 is 17.5 Å². The Morgan fingerprint density at radius 3 is 2.52 bits per heavy atom. The molecule has 0 spiro atoms. The third-order valence-corrected chi connectivity index (χ3v) is 3.85. The van der Waals surface area contributed by atoms with Crippen molar-refractivity contribution in [2.75, 3.05) is 19.6 Å². The standard InChI is InChI=1S/C16H20ClFN2O/c1-12(17)11-20-8-6-14(7-9-20)16(21)19-10-13-2-4-15(18)5-3-13/h2-5,14H,1,6-11H2,(H,19,21). The second-order valence-corrected chi connectivity index (χ2v) is 5.95. The van der Waals surface area contributed by atoms with Gasteiger partial charge in [0.15, 0.2) is 0 Å². The molecule has 21 heavy (non-hydrogen) atoms. The molecule has 1 aliphatic rings. The highest BCUT2D eigenvalue weighted by Crippen LogP contribution is 2.18. The molecule has 0 radical (unpaired) electrons. The first-order valence-electron chi connectivity index (χ1n) is 7.12. The normalized spacial score (nSPS) is 16.7. The number of hydrogen-bond acceptors (Lipinski definition) is 2. The molecule has 0 aromatic heterocycles. The van der Waals surface area contributed by atoms with Gasteiger partial charge in [-0.1, -0.05) is 30.3 Å². The lowest BCUT2D eigenvalue weighted by molar-refractivity contribution is -0.126. The molecular formula is C16H20ClFN2O. The molecule has 1 fully saturated rings. The van der Waals surface area contributed by atoms with Crippen LogP contribution in [-0.4, -0.2) is 30.4 Å². The Balaban J connectivity index is 1.74. The summed E-state index contributed by atoms with van der Waals surface area (Å²) in [6.45, 7) is 6.54. The number of halogens is 2. The van der Waals surface area contributed by atoms with E-state index in [1.807, 2.05) is 0 Å². The molecule has 1 heterocycles. The van der Waals surface area contributed by atoms with Gasteiger partial charge >= 0.3 is 0 Å². The Hall–Kier alpha value is -1.39. The van der Waals surface area contributed by atoms with Crippen LogP contribution in [0.15, 0.2) is 35.9 Å². The number of carbonyl (C=O) groups excluding carboxylic acids is 1. The van der Waals surface area contributed by atoms with E-state index in [0.29, 0.717) is 18.1 Å². The maximum Gasteiger partial charge on any atom is 0.223 e. The maximum absolute atomic E-state index is 12.8. The smallest absolute Gasteiger partial charge is 0.223 e. The zero-order valence-corrected chi connectivity index (χ0v) is 12.7. The monoisotopic (exact) mass is 310 g/mol. The first-order chi connectivity index (χ1) is 10.0. The van der Waals surface area contributed by atoms with Crippen LogP contribution < -0.4 is 5.32 Å². The predicted molar refractivity (Wildman–Crippen MR) is 82.4 cm³/mol. The Bertz CT molecular complexity index is 496. The van der Waals surface area contributed by atoms with Gasteiger partial charge in [0.05, 0.1) is 0 Å². The minimum absolute atomic E-state index is 0.0466. The van der Waals surface area contributed by atoms with Crippen LogP contribution in [0.4, 0.5) is 4.39 Å². The number of hydrogen-bond donors (Lipinski definition) is 1. The van der Waals surface area contributed by atoms with Gasteiger partial charge in [0, 0.05) is 24.0 Å². The van der Waals surface area contributed by atoms with Crippen LogP contribution in [0, 0.1) is 11.7 Å². The van der Waals surface area contributed by atoms with Crippen molar-refractivity contribution in [3.05, 3.63) is 47.3 Å². The van der Waals surface area contributed by atoms with Crippen molar-refractivity contribution in [2.45, 2.75) is 19.4 Å². The molecular weight excluding hydrogens is 291 g/mol. The largest absolute Gasteiger partial charge is 0.352 e. The van der Waals surface area contributed by atoms with E-state index < -0.39 is 0 Å². The minimum atomic E-state index is -0.265. The van der Waals surface area contributed by atoms with Crippen molar-refractivity contribution < 1.29 is 9.18 Å². The number of nitrogens with zero attached hydrogens (tertiary/aromatic N) is 1. The molecule has 0 aliphatic carbocycles. The van der Waals surface area contributed by atoms with Gasteiger partial charge in [-0.05, 0) is 43.6 Å². The SMILES string of the molecule is C=C(Cl)CN1CCC(C(=O)NCc2ccc(F)cc2)CC1. The summed E-state index contributed by atoms with van der Waals surface area (Å²) in [5.41, 5.74) is 0.903. The van der Waals surface area contributed by atoms with E-state index >= 15 is 0 Å². The van der Waals surface area contributed by atoms with Gasteiger partial charge in [0.2, 0.25) is 5.91 Å². The first kappa shape index (κ1) is 16.0. The van der Waals surface area contributed by atoms with E-state index in [9.17, 15) is 9.18 Å². The highest BCUT2D eigenvalue weighted by Gasteiger charge is 2.24. The van der Waals surface area contributed by atoms with Gasteiger partial charge in [0.25, 0.3) is 0 Å². The maximum atomic E-state index is 12.8. The van der Waals surface area contributed by atoms with E-state index in [1.54, 1.807) is 12.1 Å². The summed E-state index contributed by atoms with van der Waals surface area (Å²) < 4.78 is 12.8. The van der Waals surface area contributed by atoms with E-state index in [1.165, 1.54) is 12.1 Å². The zero-order chi connectivity index (χ0) is 15.2. The van der Waals surface area contributed by atoms with Crippen LogP contribution in [0.5, 0.6) is 0 Å². The molecule has 1 N–H and O–H groups in total. The molecule has 0 unspecified atom stereocenters. The van der Waals surface area contributed by atoms with Crippen LogP contribution in [0.2, 0.25) is 0 Å². The first-order valence-corrected chi connectivity index (χ1v) is 7.50. The van der Waals surface area contributed by atoms with Crippen molar-refractivity contribution in [1.82, 2.24) is 10.2 Å². The van der Waals surface area contributed by atoms with E-state index in [4.69, 9.17) is 11.6 Å². The second-order valence-electron chi connectivity index (χ2n) is 5.41. The molecule has 2 rings (SSSR count). The van der Waals surface area contributed by atoms with E-state index in [2.05, 4.69) is 16.8 Å². The van der Waals surface area contributed by atoms with Crippen molar-refractivity contribution in [3.63, 3.8) is 0 Å². The van der Waals surface area contributed by atoms with Gasteiger partial charge < -0.3 is 5.32 Å². The predicted octanol–water partition coefficient (Wildman–Crippen LogP) is 2.91. The summed E-state index contributed by atoms with van der Waals surface area (Å²) in [6.07, 6.45) is 1.67. The topological polar surface area (TPSA) is 32.3 Å². The van der Waals surface area contributed by atoms with E-state index in [-0.39, 0.29) is 17.6 Å². The van der Waals surface area contributed by atoms with Gasteiger partial charge in [-0.25, -0.2) is 4.39 Å². The lowest BCUT2D eigenvalue weighted by Gasteiger charge is -2.30. The molecule has 1 aromatic carbocycles. The molecule has 5 heteroatoms. The van der Waals surface area contributed by atoms with E-state index in [0.717, 1.165) is 31.5 Å². The minimum Gasteiger partial charge on any atom is -0.352 e. The Morgan fingerprint density at radius 2 is 1.95 bits per heavy atom. The highest BCUT2D eigenvalue weighted by molar-refractivity contribution is 6.29. The Labute approximate surface area is 129 Å². The molecule has 0 saturated carbocycles. The Kier molecular flexibility index (Phi) is 5.76. The molecule has 0 bridgehead atoms. The van der Waals surface area contributed by atoms with Gasteiger partial charge in [-0.2, -0.15) is 0 Å². The fourth-order valence-corrected chi connectivity index (χ4v) is 2.70. The average Bonchev–Trinajstić information content (AvgIpc) is 2.46. The van der Waals surface area contributed by atoms with Gasteiger partial charge in [-0.3, -0.25) is 9.69 Å². The van der Waals surface area contributed by atoms with Crippen LogP contribution in [0.1, 0.15) is 18.4 Å².